The van der Waals surface area contributed by atoms with Gasteiger partial charge < -0.3 is 14.2 Å². The molecule has 1 N–H and O–H groups in total. The number of rotatable bonds is 6. The number of nitrogens with zero attached hydrogens (tertiary/aromatic N) is 2. The first-order chi connectivity index (χ1) is 12.1. The number of fused-ring (bicyclic) bond motifs is 1. The van der Waals surface area contributed by atoms with Gasteiger partial charge in [-0.05, 0) is 49.4 Å². The van der Waals surface area contributed by atoms with Crippen LogP contribution in [0.3, 0.4) is 0 Å². The Bertz CT molecular complexity index is 785. The van der Waals surface area contributed by atoms with Crippen molar-refractivity contribution >= 4 is 11.8 Å². The number of carboxylic acid groups (broad SMARTS) is 1. The molecule has 0 saturated carbocycles. The molecule has 3 heterocycles. The van der Waals surface area contributed by atoms with Crippen LogP contribution in [0.4, 0.5) is 0 Å². The normalized spacial score (nSPS) is 17.1. The minimum Gasteiger partial charge on any atom is -0.481 e. The summed E-state index contributed by atoms with van der Waals surface area (Å²) >= 11 is 0. The van der Waals surface area contributed by atoms with Gasteiger partial charge in [-0.2, -0.15) is 0 Å². The predicted octanol–water partition coefficient (Wildman–Crippen LogP) is 3.85. The van der Waals surface area contributed by atoms with Crippen LogP contribution in [0.2, 0.25) is 0 Å². The molecule has 0 amide bonds. The Kier molecular flexibility index (Phi) is 5.11. The molecule has 0 aromatic carbocycles. The molecule has 1 aliphatic heterocycles. The Morgan fingerprint density at radius 3 is 2.76 bits per heavy atom. The van der Waals surface area contributed by atoms with E-state index in [1.54, 1.807) is 0 Å². The highest BCUT2D eigenvalue weighted by Crippen LogP contribution is 2.32. The van der Waals surface area contributed by atoms with Crippen LogP contribution < -0.4 is 0 Å². The highest BCUT2D eigenvalue weighted by Gasteiger charge is 2.31. The fourth-order valence-corrected chi connectivity index (χ4v) is 3.89. The third-order valence-electron chi connectivity index (χ3n) is 5.11. The standard InChI is InChI=1S/C20H26N2O3/c1-3-10-21-11-7-9-16(21)19(23)18-14(4-2)13-17-15(20(24)25)8-5-6-12-22(17)18/h7,9,11,13,15H,3-6,8,10,12H2,1-2H3,(H,24,25). The zero-order valence-corrected chi connectivity index (χ0v) is 15.0. The van der Waals surface area contributed by atoms with Gasteiger partial charge in [0, 0.05) is 25.0 Å². The van der Waals surface area contributed by atoms with Gasteiger partial charge in [-0.15, -0.1) is 0 Å². The lowest BCUT2D eigenvalue weighted by Crippen LogP contribution is -2.19. The molecular weight excluding hydrogens is 316 g/mol. The van der Waals surface area contributed by atoms with Gasteiger partial charge in [0.2, 0.25) is 5.78 Å². The second kappa shape index (κ2) is 7.30. The molecule has 0 spiro atoms. The number of carbonyl (C=O) groups is 2. The SMILES string of the molecule is CCCn1cccc1C(=O)c1c(CC)cc2n1CCCCC2C(=O)O. The van der Waals surface area contributed by atoms with Gasteiger partial charge >= 0.3 is 5.97 Å². The molecule has 0 aliphatic carbocycles. The molecule has 3 rings (SSSR count). The Labute approximate surface area is 148 Å². The van der Waals surface area contributed by atoms with Crippen molar-refractivity contribution in [1.29, 1.82) is 0 Å². The maximum Gasteiger partial charge on any atom is 0.312 e. The van der Waals surface area contributed by atoms with Crippen molar-refractivity contribution < 1.29 is 14.7 Å². The van der Waals surface area contributed by atoms with Gasteiger partial charge in [0.15, 0.2) is 0 Å². The number of hydrogen-bond acceptors (Lipinski definition) is 2. The Balaban J connectivity index is 2.11. The van der Waals surface area contributed by atoms with Gasteiger partial charge in [-0.25, -0.2) is 0 Å². The molecule has 5 nitrogen and oxygen atoms in total. The van der Waals surface area contributed by atoms with E-state index in [0.717, 1.165) is 43.5 Å². The summed E-state index contributed by atoms with van der Waals surface area (Å²) in [6.07, 6.45) is 6.05. The summed E-state index contributed by atoms with van der Waals surface area (Å²) in [5.41, 5.74) is 3.12. The molecule has 0 saturated heterocycles. The first kappa shape index (κ1) is 17.5. The maximum absolute atomic E-state index is 13.3. The summed E-state index contributed by atoms with van der Waals surface area (Å²) in [4.78, 5) is 25.0. The number of aryl methyl sites for hydroxylation is 2. The van der Waals surface area contributed by atoms with Crippen molar-refractivity contribution in [1.82, 2.24) is 9.13 Å². The number of carboxylic acids is 1. The lowest BCUT2D eigenvalue weighted by Gasteiger charge is -2.14. The van der Waals surface area contributed by atoms with Crippen LogP contribution in [0.25, 0.3) is 0 Å². The van der Waals surface area contributed by atoms with Gasteiger partial charge in [-0.3, -0.25) is 9.59 Å². The number of aliphatic carboxylic acids is 1. The van der Waals surface area contributed by atoms with Crippen LogP contribution in [0.15, 0.2) is 24.4 Å². The fraction of sp³-hybridized carbons (Fsp3) is 0.500. The van der Waals surface area contributed by atoms with Crippen molar-refractivity contribution in [3.63, 3.8) is 0 Å². The van der Waals surface area contributed by atoms with Crippen LogP contribution >= 0.6 is 0 Å². The van der Waals surface area contributed by atoms with E-state index in [1.165, 1.54) is 0 Å². The van der Waals surface area contributed by atoms with E-state index >= 15 is 0 Å². The van der Waals surface area contributed by atoms with Crippen LogP contribution in [0.5, 0.6) is 0 Å². The topological polar surface area (TPSA) is 64.2 Å². The lowest BCUT2D eigenvalue weighted by molar-refractivity contribution is -0.139. The zero-order chi connectivity index (χ0) is 18.0. The molecule has 0 bridgehead atoms. The largest absolute Gasteiger partial charge is 0.481 e. The van der Waals surface area contributed by atoms with Crippen LogP contribution in [-0.2, 0) is 24.3 Å². The van der Waals surface area contributed by atoms with Crippen LogP contribution in [0.1, 0.15) is 72.9 Å². The number of hydrogen-bond donors (Lipinski definition) is 1. The molecule has 25 heavy (non-hydrogen) atoms. The monoisotopic (exact) mass is 342 g/mol. The van der Waals surface area contributed by atoms with E-state index in [1.807, 2.05) is 40.5 Å². The van der Waals surface area contributed by atoms with E-state index in [2.05, 4.69) is 6.92 Å². The zero-order valence-electron chi connectivity index (χ0n) is 15.0. The summed E-state index contributed by atoms with van der Waals surface area (Å²) in [7, 11) is 0. The van der Waals surface area contributed by atoms with E-state index in [0.29, 0.717) is 24.4 Å². The van der Waals surface area contributed by atoms with Crippen LogP contribution in [0, 0.1) is 0 Å². The van der Waals surface area contributed by atoms with E-state index in [4.69, 9.17) is 0 Å². The average molecular weight is 342 g/mol. The third kappa shape index (κ3) is 3.15. The lowest BCUT2D eigenvalue weighted by atomic mass is 9.99. The van der Waals surface area contributed by atoms with Gasteiger partial charge in [0.1, 0.15) is 0 Å². The van der Waals surface area contributed by atoms with Gasteiger partial charge in [0.05, 0.1) is 17.3 Å². The summed E-state index contributed by atoms with van der Waals surface area (Å²) in [5.74, 6) is -1.30. The molecule has 1 atom stereocenters. The summed E-state index contributed by atoms with van der Waals surface area (Å²) in [6.45, 7) is 5.63. The molecule has 2 aromatic heterocycles. The predicted molar refractivity (Wildman–Crippen MR) is 96.2 cm³/mol. The minimum atomic E-state index is -0.795. The molecule has 5 heteroatoms. The van der Waals surface area contributed by atoms with Gasteiger partial charge in [-0.1, -0.05) is 20.3 Å². The molecular formula is C20H26N2O3. The highest BCUT2D eigenvalue weighted by molar-refractivity contribution is 6.08. The Morgan fingerprint density at radius 2 is 2.08 bits per heavy atom. The number of aromatic nitrogens is 2. The molecule has 1 aliphatic rings. The van der Waals surface area contributed by atoms with Crippen LogP contribution in [-0.4, -0.2) is 26.0 Å². The molecule has 0 radical (unpaired) electrons. The first-order valence-electron chi connectivity index (χ1n) is 9.23. The molecule has 134 valence electrons. The summed E-state index contributed by atoms with van der Waals surface area (Å²) in [5, 5.41) is 9.62. The van der Waals surface area contributed by atoms with Crippen molar-refractivity contribution in [2.75, 3.05) is 0 Å². The Hall–Kier alpha value is -2.30. The van der Waals surface area contributed by atoms with E-state index in [-0.39, 0.29) is 5.78 Å². The third-order valence-corrected chi connectivity index (χ3v) is 5.11. The second-order valence-corrected chi connectivity index (χ2v) is 6.75. The smallest absolute Gasteiger partial charge is 0.312 e. The second-order valence-electron chi connectivity index (χ2n) is 6.75. The van der Waals surface area contributed by atoms with E-state index in [9.17, 15) is 14.7 Å². The molecule has 1 unspecified atom stereocenters. The average Bonchev–Trinajstić information content (AvgIpc) is 3.13. The quantitative estimate of drug-likeness (QED) is 0.811. The number of carbonyl (C=O) groups excluding carboxylic acids is 1. The number of ketones is 1. The van der Waals surface area contributed by atoms with Crippen molar-refractivity contribution in [2.24, 2.45) is 0 Å². The molecule has 2 aromatic rings. The van der Waals surface area contributed by atoms with Gasteiger partial charge in [0.25, 0.3) is 0 Å². The minimum absolute atomic E-state index is 0.00703. The highest BCUT2D eigenvalue weighted by atomic mass is 16.4. The Morgan fingerprint density at radius 1 is 1.28 bits per heavy atom. The summed E-state index contributed by atoms with van der Waals surface area (Å²) in [6, 6.07) is 5.72. The van der Waals surface area contributed by atoms with E-state index < -0.39 is 11.9 Å². The summed E-state index contributed by atoms with van der Waals surface area (Å²) < 4.78 is 3.98. The first-order valence-corrected chi connectivity index (χ1v) is 9.23. The fourth-order valence-electron chi connectivity index (χ4n) is 3.89. The van der Waals surface area contributed by atoms with Crippen molar-refractivity contribution in [3.8, 4) is 0 Å². The van der Waals surface area contributed by atoms with Crippen molar-refractivity contribution in [3.05, 3.63) is 47.0 Å². The maximum atomic E-state index is 13.3. The molecule has 0 fully saturated rings. The van der Waals surface area contributed by atoms with Crippen molar-refractivity contribution in [2.45, 2.75) is 65.0 Å².